The number of likely N-dealkylation sites (N-methyl/N-ethyl adjacent to an activating group) is 1. The highest BCUT2D eigenvalue weighted by molar-refractivity contribution is 6.32. The molecule has 2 saturated heterocycles. The first-order valence-corrected chi connectivity index (χ1v) is 13.5. The summed E-state index contributed by atoms with van der Waals surface area (Å²) in [6, 6.07) is 7.90. The Morgan fingerprint density at radius 1 is 1.10 bits per heavy atom. The van der Waals surface area contributed by atoms with Gasteiger partial charge >= 0.3 is 0 Å². The van der Waals surface area contributed by atoms with Crippen molar-refractivity contribution in [2.24, 2.45) is 0 Å². The van der Waals surface area contributed by atoms with Crippen LogP contribution in [0.5, 0.6) is 0 Å². The van der Waals surface area contributed by atoms with Crippen LogP contribution in [0.15, 0.2) is 36.7 Å². The molecule has 2 atom stereocenters. The SMILES string of the molecule is C[C@@H]1CN(c2cc(F)c(-c3ccc(C(=O)N4CCOCC4)cc3)c(F)c2Nc2ncnc(Cl)c2N)C[C@H](C)N1C. The standard InChI is InChI=1S/C28H32ClF2N7O2/c1-16-13-38(14-17(2)36(16)3)21-12-20(30)22(23(31)25(21)35-27-24(32)26(29)33-15-34-27)18-4-6-19(7-5-18)28(39)37-8-10-40-11-9-37/h4-7,12,15-17H,8-11,13-14,32H2,1-3H3,(H,33,34,35)/t16-,17+. The summed E-state index contributed by atoms with van der Waals surface area (Å²) < 4.78 is 37.5. The van der Waals surface area contributed by atoms with E-state index in [4.69, 9.17) is 22.1 Å². The summed E-state index contributed by atoms with van der Waals surface area (Å²) in [5.74, 6) is -1.57. The molecule has 0 unspecified atom stereocenters. The van der Waals surface area contributed by atoms with E-state index in [0.29, 0.717) is 50.6 Å². The Labute approximate surface area is 236 Å². The highest BCUT2D eigenvalue weighted by atomic mass is 35.5. The lowest BCUT2D eigenvalue weighted by atomic mass is 9.99. The normalized spacial score (nSPS) is 20.1. The Morgan fingerprint density at radius 2 is 1.75 bits per heavy atom. The van der Waals surface area contributed by atoms with Crippen molar-refractivity contribution in [1.82, 2.24) is 19.8 Å². The van der Waals surface area contributed by atoms with Gasteiger partial charge in [0.15, 0.2) is 16.8 Å². The number of nitrogens with two attached hydrogens (primary N) is 1. The van der Waals surface area contributed by atoms with E-state index in [-0.39, 0.29) is 51.5 Å². The van der Waals surface area contributed by atoms with E-state index in [1.54, 1.807) is 29.2 Å². The lowest BCUT2D eigenvalue weighted by Crippen LogP contribution is -2.55. The second kappa shape index (κ2) is 11.5. The number of benzene rings is 2. The average Bonchev–Trinajstić information content (AvgIpc) is 2.95. The summed E-state index contributed by atoms with van der Waals surface area (Å²) in [5, 5.41) is 2.99. The average molecular weight is 572 g/mol. The first-order valence-electron chi connectivity index (χ1n) is 13.1. The summed E-state index contributed by atoms with van der Waals surface area (Å²) in [6.45, 7) is 7.22. The van der Waals surface area contributed by atoms with Gasteiger partial charge in [-0.15, -0.1) is 0 Å². The Balaban J connectivity index is 1.56. The van der Waals surface area contributed by atoms with Crippen LogP contribution in [-0.2, 0) is 4.74 Å². The minimum absolute atomic E-state index is 0.0177. The zero-order valence-electron chi connectivity index (χ0n) is 22.6. The number of nitrogens with zero attached hydrogens (tertiary/aromatic N) is 5. The van der Waals surface area contributed by atoms with E-state index >= 15 is 8.78 Å². The molecule has 0 saturated carbocycles. The molecular weight excluding hydrogens is 540 g/mol. The van der Waals surface area contributed by atoms with Gasteiger partial charge in [-0.3, -0.25) is 9.69 Å². The number of nitrogen functional groups attached to an aromatic ring is 1. The third kappa shape index (κ3) is 5.41. The Bertz CT molecular complexity index is 1390. The fourth-order valence-corrected chi connectivity index (χ4v) is 5.29. The molecule has 0 aliphatic carbocycles. The quantitative estimate of drug-likeness (QED) is 0.435. The summed E-state index contributed by atoms with van der Waals surface area (Å²) in [4.78, 5) is 26.7. The molecule has 40 heavy (non-hydrogen) atoms. The Hall–Kier alpha value is -3.54. The smallest absolute Gasteiger partial charge is 0.254 e. The first-order chi connectivity index (χ1) is 19.2. The molecule has 3 heterocycles. The predicted molar refractivity (Wildman–Crippen MR) is 152 cm³/mol. The van der Waals surface area contributed by atoms with E-state index < -0.39 is 11.6 Å². The molecule has 0 spiro atoms. The van der Waals surface area contributed by atoms with Gasteiger partial charge in [-0.05, 0) is 38.6 Å². The molecule has 5 rings (SSSR count). The van der Waals surface area contributed by atoms with Gasteiger partial charge in [0.1, 0.15) is 23.5 Å². The number of nitrogens with one attached hydrogen (secondary N) is 1. The third-order valence-corrected chi connectivity index (χ3v) is 8.00. The molecule has 2 aliphatic rings. The van der Waals surface area contributed by atoms with Crippen molar-refractivity contribution in [2.75, 3.05) is 62.4 Å². The van der Waals surface area contributed by atoms with Crippen LogP contribution in [0.4, 0.5) is 31.7 Å². The van der Waals surface area contributed by atoms with Crippen LogP contribution < -0.4 is 16.0 Å². The van der Waals surface area contributed by atoms with E-state index in [0.717, 1.165) is 0 Å². The fraction of sp³-hybridized carbons (Fsp3) is 0.393. The molecule has 2 aromatic carbocycles. The zero-order valence-corrected chi connectivity index (χ0v) is 23.4. The van der Waals surface area contributed by atoms with Crippen molar-refractivity contribution in [3.8, 4) is 11.1 Å². The number of halogens is 3. The lowest BCUT2D eigenvalue weighted by Gasteiger charge is -2.44. The van der Waals surface area contributed by atoms with Crippen LogP contribution in [-0.4, -0.2) is 84.2 Å². The van der Waals surface area contributed by atoms with Crippen molar-refractivity contribution in [3.05, 3.63) is 59.0 Å². The zero-order chi connectivity index (χ0) is 28.6. The van der Waals surface area contributed by atoms with Gasteiger partial charge in [0.2, 0.25) is 0 Å². The summed E-state index contributed by atoms with van der Waals surface area (Å²) in [6.07, 6.45) is 1.22. The van der Waals surface area contributed by atoms with Crippen LogP contribution in [0.2, 0.25) is 5.15 Å². The van der Waals surface area contributed by atoms with Gasteiger partial charge in [-0.25, -0.2) is 18.7 Å². The number of hydrogen-bond donors (Lipinski definition) is 2. The molecule has 212 valence electrons. The largest absolute Gasteiger partial charge is 0.393 e. The Morgan fingerprint density at radius 3 is 2.40 bits per heavy atom. The van der Waals surface area contributed by atoms with Crippen LogP contribution in [0.1, 0.15) is 24.2 Å². The monoisotopic (exact) mass is 571 g/mol. The molecule has 0 bridgehead atoms. The number of morpholine rings is 1. The van der Waals surface area contributed by atoms with E-state index in [9.17, 15) is 4.79 Å². The number of piperazine rings is 1. The maximum Gasteiger partial charge on any atom is 0.254 e. The maximum absolute atomic E-state index is 16.4. The molecular formula is C28H32ClF2N7O2. The van der Waals surface area contributed by atoms with Gasteiger partial charge in [-0.2, -0.15) is 0 Å². The van der Waals surface area contributed by atoms with E-state index in [2.05, 4.69) is 34.0 Å². The van der Waals surface area contributed by atoms with Crippen LogP contribution >= 0.6 is 11.6 Å². The topological polar surface area (TPSA) is 99.8 Å². The number of ether oxygens (including phenoxy) is 1. The van der Waals surface area contributed by atoms with Gasteiger partial charge in [0.05, 0.1) is 24.5 Å². The highest BCUT2D eigenvalue weighted by Gasteiger charge is 2.31. The molecule has 3 aromatic rings. The van der Waals surface area contributed by atoms with Crippen molar-refractivity contribution >= 4 is 40.4 Å². The Kier molecular flexibility index (Phi) is 8.07. The number of anilines is 4. The second-order valence-corrected chi connectivity index (χ2v) is 10.6. The van der Waals surface area contributed by atoms with Gasteiger partial charge in [-0.1, -0.05) is 23.7 Å². The number of carbonyl (C=O) groups excluding carboxylic acids is 1. The minimum Gasteiger partial charge on any atom is -0.393 e. The minimum atomic E-state index is -0.810. The number of hydrogen-bond acceptors (Lipinski definition) is 8. The maximum atomic E-state index is 16.4. The highest BCUT2D eigenvalue weighted by Crippen LogP contribution is 2.41. The molecule has 3 N–H and O–H groups in total. The van der Waals surface area contributed by atoms with Crippen molar-refractivity contribution in [3.63, 3.8) is 0 Å². The first kappa shape index (κ1) is 28.0. The van der Waals surface area contributed by atoms with Crippen molar-refractivity contribution in [2.45, 2.75) is 25.9 Å². The second-order valence-electron chi connectivity index (χ2n) is 10.2. The molecule has 12 heteroatoms. The summed E-state index contributed by atoms with van der Waals surface area (Å²) >= 11 is 6.09. The van der Waals surface area contributed by atoms with Crippen molar-refractivity contribution in [1.29, 1.82) is 0 Å². The van der Waals surface area contributed by atoms with Crippen LogP contribution in [0.25, 0.3) is 11.1 Å². The van der Waals surface area contributed by atoms with Crippen LogP contribution in [0.3, 0.4) is 0 Å². The van der Waals surface area contributed by atoms with Crippen LogP contribution in [0, 0.1) is 11.6 Å². The van der Waals surface area contributed by atoms with Gasteiger partial charge < -0.3 is 25.6 Å². The van der Waals surface area contributed by atoms with Gasteiger partial charge in [0, 0.05) is 49.9 Å². The molecule has 2 fully saturated rings. The molecule has 0 radical (unpaired) electrons. The van der Waals surface area contributed by atoms with E-state index in [1.165, 1.54) is 12.4 Å². The number of amides is 1. The molecule has 1 amide bonds. The molecule has 9 nitrogen and oxygen atoms in total. The van der Waals surface area contributed by atoms with Gasteiger partial charge in [0.25, 0.3) is 5.91 Å². The lowest BCUT2D eigenvalue weighted by molar-refractivity contribution is 0.0303. The number of aromatic nitrogens is 2. The fourth-order valence-electron chi connectivity index (χ4n) is 5.16. The van der Waals surface area contributed by atoms with E-state index in [1.807, 2.05) is 11.9 Å². The molecule has 1 aromatic heterocycles. The summed E-state index contributed by atoms with van der Waals surface area (Å²) in [5.41, 5.74) is 6.99. The number of rotatable bonds is 5. The summed E-state index contributed by atoms with van der Waals surface area (Å²) in [7, 11) is 2.03. The third-order valence-electron chi connectivity index (χ3n) is 7.70. The molecule has 2 aliphatic heterocycles. The number of carbonyl (C=O) groups is 1. The van der Waals surface area contributed by atoms with Crippen molar-refractivity contribution < 1.29 is 18.3 Å². The predicted octanol–water partition coefficient (Wildman–Crippen LogP) is 4.40.